The van der Waals surface area contributed by atoms with Crippen molar-refractivity contribution < 1.29 is 14.5 Å². The summed E-state index contributed by atoms with van der Waals surface area (Å²) in [7, 11) is 0.889. The number of esters is 1. The lowest BCUT2D eigenvalue weighted by Gasteiger charge is -2.10. The molecule has 0 saturated carbocycles. The Bertz CT molecular complexity index is 913. The van der Waals surface area contributed by atoms with Gasteiger partial charge in [0.2, 0.25) is 0 Å². The zero-order valence-corrected chi connectivity index (χ0v) is 14.5. The summed E-state index contributed by atoms with van der Waals surface area (Å²) in [5.41, 5.74) is 3.50. The molecule has 0 amide bonds. The summed E-state index contributed by atoms with van der Waals surface area (Å²) in [5.74, 6) is -0.362. The van der Waals surface area contributed by atoms with Crippen LogP contribution in [0.3, 0.4) is 0 Å². The molecule has 0 aliphatic rings. The molecule has 0 unspecified atom stereocenters. The first-order chi connectivity index (χ1) is 12.5. The average Bonchev–Trinajstić information content (AvgIpc) is 3.04. The van der Waals surface area contributed by atoms with E-state index in [-0.39, 0.29) is 5.97 Å². The van der Waals surface area contributed by atoms with Gasteiger partial charge in [-0.05, 0) is 24.6 Å². The van der Waals surface area contributed by atoms with Crippen molar-refractivity contribution in [1.82, 2.24) is 9.55 Å². The first-order valence-corrected chi connectivity index (χ1v) is 7.97. The van der Waals surface area contributed by atoms with Crippen LogP contribution < -0.4 is 0 Å². The molecule has 0 saturated heterocycles. The summed E-state index contributed by atoms with van der Waals surface area (Å²) in [6.07, 6.45) is 3.23. The van der Waals surface area contributed by atoms with Crippen LogP contribution in [0, 0.1) is 10.1 Å². The number of benzene rings is 2. The Morgan fingerprint density at radius 1 is 1.19 bits per heavy atom. The number of nitrogens with zero attached hydrogens (tertiary/aromatic N) is 3. The van der Waals surface area contributed by atoms with Crippen molar-refractivity contribution in [3.8, 4) is 0 Å². The molecule has 7 heteroatoms. The number of aromatic nitrogens is 2. The Hall–Kier alpha value is -3.48. The summed E-state index contributed by atoms with van der Waals surface area (Å²) in [4.78, 5) is 24.6. The zero-order valence-electron chi connectivity index (χ0n) is 14.5. The zero-order chi connectivity index (χ0) is 18.9. The van der Waals surface area contributed by atoms with Crippen LogP contribution in [-0.2, 0) is 9.53 Å². The van der Waals surface area contributed by atoms with Crippen molar-refractivity contribution in [2.45, 2.75) is 6.92 Å². The van der Waals surface area contributed by atoms with E-state index >= 15 is 0 Å². The molecular weight excluding hydrogens is 334 g/mol. The standard InChI is InChI=1S/C18H16N2O2.CH3NO2/c1-2-22-18(21)12-17(14-8-4-3-5-9-14)20-13-19-15-10-6-7-11-16(15)20;1-2(3)4/h3-13H,2H2,1H3;1H3. The van der Waals surface area contributed by atoms with Gasteiger partial charge in [0.25, 0.3) is 0 Å². The molecule has 0 spiro atoms. The van der Waals surface area contributed by atoms with Crippen molar-refractivity contribution in [2.75, 3.05) is 13.7 Å². The number of carbonyl (C=O) groups excluding carboxylic acids is 1. The molecule has 0 bridgehead atoms. The van der Waals surface area contributed by atoms with Gasteiger partial charge in [0, 0.05) is 11.0 Å². The molecule has 0 fully saturated rings. The average molecular weight is 353 g/mol. The third-order valence-electron chi connectivity index (χ3n) is 3.32. The van der Waals surface area contributed by atoms with Gasteiger partial charge >= 0.3 is 5.97 Å². The lowest BCUT2D eigenvalue weighted by molar-refractivity contribution is -0.445. The molecule has 1 heterocycles. The maximum atomic E-state index is 11.9. The number of carbonyl (C=O) groups is 1. The molecule has 0 radical (unpaired) electrons. The first kappa shape index (κ1) is 18.9. The maximum Gasteiger partial charge on any atom is 0.332 e. The maximum absolute atomic E-state index is 11.9. The predicted molar refractivity (Wildman–Crippen MR) is 99.1 cm³/mol. The highest BCUT2D eigenvalue weighted by molar-refractivity contribution is 5.93. The Balaban J connectivity index is 0.000000552. The van der Waals surface area contributed by atoms with Gasteiger partial charge in [0.1, 0.15) is 6.33 Å². The number of imidazole rings is 1. The molecule has 0 N–H and O–H groups in total. The fourth-order valence-corrected chi connectivity index (χ4v) is 2.35. The SMILES string of the molecule is CCOC(=O)C=C(c1ccccc1)n1cnc2ccccc21.C[N+](=O)[O-]. The van der Waals surface area contributed by atoms with Crippen LogP contribution in [-0.4, -0.2) is 34.1 Å². The lowest BCUT2D eigenvalue weighted by Crippen LogP contribution is -2.05. The van der Waals surface area contributed by atoms with Gasteiger partial charge < -0.3 is 4.74 Å². The van der Waals surface area contributed by atoms with Crippen molar-refractivity contribution in [2.24, 2.45) is 0 Å². The van der Waals surface area contributed by atoms with E-state index in [1.54, 1.807) is 13.3 Å². The smallest absolute Gasteiger partial charge is 0.332 e. The van der Waals surface area contributed by atoms with E-state index in [9.17, 15) is 4.79 Å². The van der Waals surface area contributed by atoms with Crippen LogP contribution >= 0.6 is 0 Å². The summed E-state index contributed by atoms with van der Waals surface area (Å²) >= 11 is 0. The summed E-state index contributed by atoms with van der Waals surface area (Å²) in [6.45, 7) is 2.14. The van der Waals surface area contributed by atoms with E-state index in [4.69, 9.17) is 14.9 Å². The minimum Gasteiger partial charge on any atom is -0.463 e. The van der Waals surface area contributed by atoms with Gasteiger partial charge in [0.05, 0.1) is 23.3 Å². The Morgan fingerprint density at radius 3 is 2.46 bits per heavy atom. The monoisotopic (exact) mass is 353 g/mol. The number of ether oxygens (including phenoxy) is 1. The molecule has 0 atom stereocenters. The fourth-order valence-electron chi connectivity index (χ4n) is 2.35. The van der Waals surface area contributed by atoms with Gasteiger partial charge in [0.15, 0.2) is 7.05 Å². The molecular formula is C19H19N3O4. The molecule has 0 aliphatic heterocycles. The second-order valence-electron chi connectivity index (χ2n) is 5.19. The van der Waals surface area contributed by atoms with E-state index in [0.29, 0.717) is 6.61 Å². The summed E-state index contributed by atoms with van der Waals surface area (Å²) < 4.78 is 6.96. The Morgan fingerprint density at radius 2 is 1.81 bits per heavy atom. The van der Waals surface area contributed by atoms with E-state index in [1.807, 2.05) is 59.2 Å². The van der Waals surface area contributed by atoms with Crippen LogP contribution in [0.15, 0.2) is 67.0 Å². The van der Waals surface area contributed by atoms with Crippen molar-refractivity contribution >= 4 is 22.7 Å². The van der Waals surface area contributed by atoms with Crippen LogP contribution in [0.5, 0.6) is 0 Å². The second kappa shape index (κ2) is 9.12. The molecule has 134 valence electrons. The summed E-state index contributed by atoms with van der Waals surface area (Å²) in [6, 6.07) is 17.5. The van der Waals surface area contributed by atoms with Gasteiger partial charge in [-0.2, -0.15) is 0 Å². The molecule has 3 rings (SSSR count). The quantitative estimate of drug-likeness (QED) is 0.310. The minimum atomic E-state index is -0.500. The Kier molecular flexibility index (Phi) is 6.61. The highest BCUT2D eigenvalue weighted by Crippen LogP contribution is 2.22. The van der Waals surface area contributed by atoms with Crippen molar-refractivity contribution in [1.29, 1.82) is 0 Å². The van der Waals surface area contributed by atoms with Crippen LogP contribution in [0.4, 0.5) is 0 Å². The van der Waals surface area contributed by atoms with Crippen LogP contribution in [0.1, 0.15) is 12.5 Å². The molecule has 3 aromatic rings. The Labute approximate surface area is 150 Å². The fraction of sp³-hybridized carbons (Fsp3) is 0.158. The number of rotatable bonds is 4. The number of nitro groups is 1. The van der Waals surface area contributed by atoms with Gasteiger partial charge in [-0.1, -0.05) is 42.5 Å². The first-order valence-electron chi connectivity index (χ1n) is 7.97. The molecule has 26 heavy (non-hydrogen) atoms. The lowest BCUT2D eigenvalue weighted by atomic mass is 10.1. The topological polar surface area (TPSA) is 87.3 Å². The van der Waals surface area contributed by atoms with E-state index in [0.717, 1.165) is 29.3 Å². The van der Waals surface area contributed by atoms with Gasteiger partial charge in [-0.25, -0.2) is 9.78 Å². The number of hydrogen-bond donors (Lipinski definition) is 0. The van der Waals surface area contributed by atoms with Gasteiger partial charge in [-0.3, -0.25) is 14.7 Å². The normalized spacial score (nSPS) is 10.8. The molecule has 1 aromatic heterocycles. The number of hydrogen-bond acceptors (Lipinski definition) is 5. The van der Waals surface area contributed by atoms with Crippen LogP contribution in [0.25, 0.3) is 16.7 Å². The summed E-state index contributed by atoms with van der Waals surface area (Å²) in [5, 5.41) is 8.81. The highest BCUT2D eigenvalue weighted by atomic mass is 16.6. The predicted octanol–water partition coefficient (Wildman–Crippen LogP) is 3.38. The van der Waals surface area contributed by atoms with E-state index in [2.05, 4.69) is 4.98 Å². The molecule has 7 nitrogen and oxygen atoms in total. The van der Waals surface area contributed by atoms with Gasteiger partial charge in [-0.15, -0.1) is 0 Å². The third-order valence-corrected chi connectivity index (χ3v) is 3.32. The largest absolute Gasteiger partial charge is 0.463 e. The minimum absolute atomic E-state index is 0.349. The van der Waals surface area contributed by atoms with Crippen molar-refractivity contribution in [3.63, 3.8) is 0 Å². The third kappa shape index (κ3) is 5.01. The molecule has 2 aromatic carbocycles. The van der Waals surface area contributed by atoms with Crippen molar-refractivity contribution in [3.05, 3.63) is 82.7 Å². The molecule has 0 aliphatic carbocycles. The highest BCUT2D eigenvalue weighted by Gasteiger charge is 2.11. The number of fused-ring (bicyclic) bond motifs is 1. The van der Waals surface area contributed by atoms with E-state index in [1.165, 1.54) is 6.08 Å². The van der Waals surface area contributed by atoms with E-state index < -0.39 is 4.92 Å². The van der Waals surface area contributed by atoms with Crippen LogP contribution in [0.2, 0.25) is 0 Å². The number of para-hydroxylation sites is 2. The second-order valence-corrected chi connectivity index (χ2v) is 5.19.